The first-order valence-electron chi connectivity index (χ1n) is 10.6. The van der Waals surface area contributed by atoms with Gasteiger partial charge in [0.1, 0.15) is 5.82 Å². The Morgan fingerprint density at radius 3 is 2.55 bits per heavy atom. The second-order valence-electron chi connectivity index (χ2n) is 8.11. The maximum Gasteiger partial charge on any atom is 0.261 e. The van der Waals surface area contributed by atoms with Crippen LogP contribution in [0.2, 0.25) is 0 Å². The van der Waals surface area contributed by atoms with Crippen LogP contribution in [-0.4, -0.2) is 26.9 Å². The van der Waals surface area contributed by atoms with Crippen LogP contribution in [0.15, 0.2) is 59.4 Å². The van der Waals surface area contributed by atoms with E-state index in [1.165, 1.54) is 5.56 Å². The fourth-order valence-electron chi connectivity index (χ4n) is 4.53. The fraction of sp³-hybridized carbons (Fsp3) is 0.375. The summed E-state index contributed by atoms with van der Waals surface area (Å²) >= 11 is 0. The summed E-state index contributed by atoms with van der Waals surface area (Å²) in [5, 5.41) is 0.665. The molecule has 5 rings (SSSR count). The standard InChI is InChI=1S/C24H25N3O2/c28-23(26-16-6-11-21(26)17-7-2-1-3-8-17)15-14-22-25-20-10-5-4-9-19(20)24(29)27(22)18-12-13-18/h1-5,7-10,18,21H,6,11-16H2. The average Bonchev–Trinajstić information content (AvgIpc) is 3.47. The van der Waals surface area contributed by atoms with Crippen molar-refractivity contribution < 1.29 is 4.79 Å². The van der Waals surface area contributed by atoms with Gasteiger partial charge in [-0.3, -0.25) is 14.2 Å². The third-order valence-electron chi connectivity index (χ3n) is 6.11. The Labute approximate surface area is 170 Å². The highest BCUT2D eigenvalue weighted by atomic mass is 16.2. The van der Waals surface area contributed by atoms with Crippen molar-refractivity contribution >= 4 is 16.8 Å². The molecule has 1 aromatic heterocycles. The van der Waals surface area contributed by atoms with Gasteiger partial charge in [-0.2, -0.15) is 0 Å². The smallest absolute Gasteiger partial charge is 0.261 e. The number of para-hydroxylation sites is 1. The fourth-order valence-corrected chi connectivity index (χ4v) is 4.53. The Kier molecular flexibility index (Phi) is 4.66. The van der Waals surface area contributed by atoms with E-state index in [4.69, 9.17) is 4.98 Å². The van der Waals surface area contributed by atoms with Crippen LogP contribution in [0.4, 0.5) is 0 Å². The van der Waals surface area contributed by atoms with Gasteiger partial charge in [0.25, 0.3) is 5.56 Å². The lowest BCUT2D eigenvalue weighted by molar-refractivity contribution is -0.132. The normalized spacial score (nSPS) is 19.0. The van der Waals surface area contributed by atoms with Gasteiger partial charge in [0, 0.05) is 25.4 Å². The predicted octanol–water partition coefficient (Wildman–Crippen LogP) is 4.03. The molecule has 2 aliphatic rings. The van der Waals surface area contributed by atoms with Gasteiger partial charge >= 0.3 is 0 Å². The Balaban J connectivity index is 1.38. The molecule has 1 unspecified atom stereocenters. The molecule has 5 heteroatoms. The molecule has 5 nitrogen and oxygen atoms in total. The summed E-state index contributed by atoms with van der Waals surface area (Å²) in [6, 6.07) is 18.2. The van der Waals surface area contributed by atoms with Crippen molar-refractivity contribution in [2.24, 2.45) is 0 Å². The lowest BCUT2D eigenvalue weighted by Gasteiger charge is -2.25. The molecule has 148 valence electrons. The molecule has 3 aromatic rings. The number of aromatic nitrogens is 2. The number of carbonyl (C=O) groups is 1. The maximum atomic E-state index is 13.1. The number of aryl methyl sites for hydroxylation is 1. The third kappa shape index (κ3) is 3.46. The van der Waals surface area contributed by atoms with Gasteiger partial charge in [-0.1, -0.05) is 42.5 Å². The van der Waals surface area contributed by atoms with Crippen molar-refractivity contribution in [3.05, 3.63) is 76.3 Å². The summed E-state index contributed by atoms with van der Waals surface area (Å²) in [4.78, 5) is 32.8. The van der Waals surface area contributed by atoms with E-state index in [2.05, 4.69) is 12.1 Å². The van der Waals surface area contributed by atoms with Crippen molar-refractivity contribution in [1.29, 1.82) is 0 Å². The molecule has 2 heterocycles. The summed E-state index contributed by atoms with van der Waals surface area (Å²) < 4.78 is 1.84. The maximum absolute atomic E-state index is 13.1. The topological polar surface area (TPSA) is 55.2 Å². The zero-order valence-electron chi connectivity index (χ0n) is 16.5. The van der Waals surface area contributed by atoms with E-state index in [9.17, 15) is 9.59 Å². The molecule has 1 amide bonds. The molecule has 1 saturated carbocycles. The molecule has 0 spiro atoms. The lowest BCUT2D eigenvalue weighted by atomic mass is 10.0. The zero-order chi connectivity index (χ0) is 19.8. The third-order valence-corrected chi connectivity index (χ3v) is 6.11. The van der Waals surface area contributed by atoms with Crippen LogP contribution < -0.4 is 5.56 Å². The summed E-state index contributed by atoms with van der Waals surface area (Å²) in [5.41, 5.74) is 1.96. The molecule has 2 aromatic carbocycles. The zero-order valence-corrected chi connectivity index (χ0v) is 16.5. The minimum Gasteiger partial charge on any atom is -0.336 e. The Morgan fingerprint density at radius 2 is 1.76 bits per heavy atom. The van der Waals surface area contributed by atoms with Crippen LogP contribution in [0.1, 0.15) is 55.6 Å². The van der Waals surface area contributed by atoms with E-state index < -0.39 is 0 Å². The molecule has 0 bridgehead atoms. The largest absolute Gasteiger partial charge is 0.336 e. The summed E-state index contributed by atoms with van der Waals surface area (Å²) in [7, 11) is 0. The molecule has 1 aliphatic carbocycles. The van der Waals surface area contributed by atoms with E-state index in [1.54, 1.807) is 0 Å². The molecule has 1 saturated heterocycles. The van der Waals surface area contributed by atoms with E-state index in [-0.39, 0.29) is 23.6 Å². The van der Waals surface area contributed by atoms with Crippen LogP contribution in [0.25, 0.3) is 10.9 Å². The number of fused-ring (bicyclic) bond motifs is 1. The van der Waals surface area contributed by atoms with Gasteiger partial charge in [-0.25, -0.2) is 4.98 Å². The first kappa shape index (κ1) is 18.1. The number of nitrogens with zero attached hydrogens (tertiary/aromatic N) is 3. The van der Waals surface area contributed by atoms with Gasteiger partial charge in [-0.15, -0.1) is 0 Å². The average molecular weight is 387 g/mol. The lowest BCUT2D eigenvalue weighted by Crippen LogP contribution is -2.31. The van der Waals surface area contributed by atoms with Crippen LogP contribution in [0.3, 0.4) is 0 Å². The molecule has 0 radical (unpaired) electrons. The Bertz CT molecular complexity index is 1100. The predicted molar refractivity (Wildman–Crippen MR) is 113 cm³/mol. The summed E-state index contributed by atoms with van der Waals surface area (Å²) in [5.74, 6) is 0.904. The van der Waals surface area contributed by atoms with Gasteiger partial charge in [0.2, 0.25) is 5.91 Å². The molecule has 2 fully saturated rings. The second kappa shape index (κ2) is 7.47. The van der Waals surface area contributed by atoms with Crippen LogP contribution in [0.5, 0.6) is 0 Å². The molecule has 29 heavy (non-hydrogen) atoms. The number of rotatable bonds is 5. The summed E-state index contributed by atoms with van der Waals surface area (Å²) in [6.45, 7) is 0.805. The number of hydrogen-bond donors (Lipinski definition) is 0. The Hall–Kier alpha value is -2.95. The number of likely N-dealkylation sites (tertiary alicyclic amines) is 1. The second-order valence-corrected chi connectivity index (χ2v) is 8.11. The first-order chi connectivity index (χ1) is 14.2. The van der Waals surface area contributed by atoms with Crippen LogP contribution in [-0.2, 0) is 11.2 Å². The summed E-state index contributed by atoms with van der Waals surface area (Å²) in [6.07, 6.45) is 4.98. The van der Waals surface area contributed by atoms with Gasteiger partial charge in [-0.05, 0) is 43.4 Å². The van der Waals surface area contributed by atoms with Crippen molar-refractivity contribution in [1.82, 2.24) is 14.5 Å². The highest BCUT2D eigenvalue weighted by molar-refractivity contribution is 5.78. The van der Waals surface area contributed by atoms with Gasteiger partial charge in [0.05, 0.1) is 16.9 Å². The van der Waals surface area contributed by atoms with E-state index in [1.807, 2.05) is 51.9 Å². The van der Waals surface area contributed by atoms with Crippen molar-refractivity contribution in [2.75, 3.05) is 6.54 Å². The highest BCUT2D eigenvalue weighted by Crippen LogP contribution is 2.35. The minimum absolute atomic E-state index is 0.0314. The van der Waals surface area contributed by atoms with Crippen LogP contribution >= 0.6 is 0 Å². The van der Waals surface area contributed by atoms with Gasteiger partial charge < -0.3 is 4.90 Å². The van der Waals surface area contributed by atoms with E-state index in [0.717, 1.165) is 43.6 Å². The van der Waals surface area contributed by atoms with E-state index >= 15 is 0 Å². The molecular formula is C24H25N3O2. The number of amides is 1. The molecular weight excluding hydrogens is 362 g/mol. The van der Waals surface area contributed by atoms with Crippen molar-refractivity contribution in [2.45, 2.75) is 50.6 Å². The monoisotopic (exact) mass is 387 g/mol. The quantitative estimate of drug-likeness (QED) is 0.664. The number of benzene rings is 2. The van der Waals surface area contributed by atoms with Gasteiger partial charge in [0.15, 0.2) is 0 Å². The highest BCUT2D eigenvalue weighted by Gasteiger charge is 2.31. The molecule has 1 atom stereocenters. The van der Waals surface area contributed by atoms with Crippen molar-refractivity contribution in [3.63, 3.8) is 0 Å². The Morgan fingerprint density at radius 1 is 1.00 bits per heavy atom. The first-order valence-corrected chi connectivity index (χ1v) is 10.6. The minimum atomic E-state index is 0.0314. The van der Waals surface area contributed by atoms with Crippen LogP contribution in [0, 0.1) is 0 Å². The molecule has 1 aliphatic heterocycles. The van der Waals surface area contributed by atoms with Crippen molar-refractivity contribution in [3.8, 4) is 0 Å². The van der Waals surface area contributed by atoms with E-state index in [0.29, 0.717) is 18.2 Å². The SMILES string of the molecule is O=C(CCc1nc2ccccc2c(=O)n1C1CC1)N1CCCC1c1ccccc1. The number of hydrogen-bond acceptors (Lipinski definition) is 3. The number of carbonyl (C=O) groups excluding carboxylic acids is 1. The molecule has 0 N–H and O–H groups in total.